The van der Waals surface area contributed by atoms with E-state index in [1.54, 1.807) is 0 Å². The number of hydrogen-bond acceptors (Lipinski definition) is 7. The number of carboxylic acid groups (broad SMARTS) is 1. The average molecular weight is 344 g/mol. The molecule has 1 aromatic heterocycles. The van der Waals surface area contributed by atoms with Crippen molar-refractivity contribution < 1.29 is 28.7 Å². The Morgan fingerprint density at radius 2 is 1.96 bits per heavy atom. The highest BCUT2D eigenvalue weighted by Crippen LogP contribution is 1.98. The molecule has 5 N–H and O–H groups in total. The number of rotatable bonds is 6. The molecule has 1 amide bonds. The van der Waals surface area contributed by atoms with Crippen LogP contribution in [0, 0.1) is 5.82 Å². The highest BCUT2D eigenvalue weighted by Gasteiger charge is 2.28. The molecule has 130 valence electrons. The van der Waals surface area contributed by atoms with Crippen molar-refractivity contribution in [1.82, 2.24) is 14.9 Å². The molecule has 0 fully saturated rings. The lowest BCUT2D eigenvalue weighted by molar-refractivity contribution is -0.143. The van der Waals surface area contributed by atoms with Crippen molar-refractivity contribution in [2.75, 3.05) is 0 Å². The van der Waals surface area contributed by atoms with E-state index in [0.717, 1.165) is 0 Å². The Morgan fingerprint density at radius 1 is 1.38 bits per heavy atom. The molecule has 12 heteroatoms. The van der Waals surface area contributed by atoms with Gasteiger partial charge in [-0.3, -0.25) is 24.2 Å². The monoisotopic (exact) mass is 344 g/mol. The van der Waals surface area contributed by atoms with Crippen molar-refractivity contribution in [3.63, 3.8) is 0 Å². The molecule has 0 aliphatic heterocycles. The van der Waals surface area contributed by atoms with Crippen LogP contribution in [-0.4, -0.2) is 50.3 Å². The van der Waals surface area contributed by atoms with Crippen molar-refractivity contribution >= 4 is 23.6 Å². The van der Waals surface area contributed by atoms with Gasteiger partial charge < -0.3 is 16.2 Å². The van der Waals surface area contributed by atoms with E-state index in [9.17, 15) is 33.2 Å². The second kappa shape index (κ2) is 7.41. The first-order chi connectivity index (χ1) is 11.0. The highest BCUT2D eigenvalue weighted by atomic mass is 19.1. The van der Waals surface area contributed by atoms with Crippen LogP contribution in [0.2, 0.25) is 0 Å². The fraction of sp³-hybridized carbons (Fsp3) is 0.333. The molecule has 0 aliphatic rings. The Hall–Kier alpha value is -3.15. The van der Waals surface area contributed by atoms with Crippen LogP contribution >= 0.6 is 0 Å². The molecule has 11 nitrogen and oxygen atoms in total. The summed E-state index contributed by atoms with van der Waals surface area (Å²) in [5.74, 6) is -6.96. The Balaban J connectivity index is 3.00. The Morgan fingerprint density at radius 3 is 2.46 bits per heavy atom. The Kier molecular flexibility index (Phi) is 5.84. The van der Waals surface area contributed by atoms with E-state index in [2.05, 4.69) is 0 Å². The molecule has 0 aromatic carbocycles. The van der Waals surface area contributed by atoms with Gasteiger partial charge in [-0.1, -0.05) is 0 Å². The number of nitrogens with two attached hydrogens (primary N) is 1. The molecule has 0 aliphatic carbocycles. The number of ketones is 1. The van der Waals surface area contributed by atoms with Gasteiger partial charge in [0.15, 0.2) is 0 Å². The molecule has 1 rings (SSSR count). The van der Waals surface area contributed by atoms with Crippen LogP contribution in [0.25, 0.3) is 0 Å². The standard InChI is InChI=1S/C12H13FN4O7/c1-4(14)8(19)15-6(11(22)23)2-7(18)10(21)17-3-5(13)9(20)16-12(17)24/h3-4,6H,2,14H2,1H3,(H,15,19)(H,22,23)(H,16,20,24). The van der Waals surface area contributed by atoms with E-state index in [-0.39, 0.29) is 10.8 Å². The summed E-state index contributed by atoms with van der Waals surface area (Å²) in [4.78, 5) is 69.7. The van der Waals surface area contributed by atoms with Gasteiger partial charge in [-0.2, -0.15) is 4.39 Å². The van der Waals surface area contributed by atoms with Crippen molar-refractivity contribution in [2.24, 2.45) is 5.73 Å². The lowest BCUT2D eigenvalue weighted by Gasteiger charge is -2.15. The Bertz CT molecular complexity index is 810. The normalized spacial score (nSPS) is 13.0. The zero-order valence-electron chi connectivity index (χ0n) is 12.2. The molecule has 0 radical (unpaired) electrons. The van der Waals surface area contributed by atoms with Crippen LogP contribution in [0.3, 0.4) is 0 Å². The van der Waals surface area contributed by atoms with Crippen molar-refractivity contribution in [3.8, 4) is 0 Å². The molecule has 2 unspecified atom stereocenters. The quantitative estimate of drug-likeness (QED) is 0.399. The zero-order valence-corrected chi connectivity index (χ0v) is 12.2. The van der Waals surface area contributed by atoms with Crippen LogP contribution in [0.4, 0.5) is 4.39 Å². The number of aliphatic carboxylic acids is 1. The van der Waals surface area contributed by atoms with E-state index >= 15 is 0 Å². The van der Waals surface area contributed by atoms with E-state index in [4.69, 9.17) is 10.8 Å². The summed E-state index contributed by atoms with van der Waals surface area (Å²) in [5, 5.41) is 10.9. The number of nitrogens with zero attached hydrogens (tertiary/aromatic N) is 1. The summed E-state index contributed by atoms with van der Waals surface area (Å²) in [7, 11) is 0. The van der Waals surface area contributed by atoms with Gasteiger partial charge in [0.25, 0.3) is 5.56 Å². The first kappa shape index (κ1) is 18.9. The lowest BCUT2D eigenvalue weighted by Crippen LogP contribution is -2.49. The molecule has 1 heterocycles. The number of Topliss-reactive ketones (excluding diaryl/α,β-unsaturated/α-hetero) is 1. The predicted molar refractivity (Wildman–Crippen MR) is 74.7 cm³/mol. The molecule has 0 saturated heterocycles. The van der Waals surface area contributed by atoms with E-state index in [0.29, 0.717) is 0 Å². The van der Waals surface area contributed by atoms with Gasteiger partial charge in [-0.25, -0.2) is 14.2 Å². The average Bonchev–Trinajstić information content (AvgIpc) is 2.48. The van der Waals surface area contributed by atoms with E-state index < -0.39 is 59.1 Å². The molecule has 0 spiro atoms. The Labute approximate surface area is 132 Å². The van der Waals surface area contributed by atoms with E-state index in [1.165, 1.54) is 11.9 Å². The van der Waals surface area contributed by atoms with Gasteiger partial charge in [-0.05, 0) is 6.92 Å². The summed E-state index contributed by atoms with van der Waals surface area (Å²) in [6, 6.07) is -2.84. The van der Waals surface area contributed by atoms with Crippen molar-refractivity contribution in [3.05, 3.63) is 32.9 Å². The van der Waals surface area contributed by atoms with Crippen LogP contribution in [0.1, 0.15) is 18.1 Å². The number of carbonyl (C=O) groups excluding carboxylic acids is 3. The second-order valence-corrected chi connectivity index (χ2v) is 4.73. The molecule has 0 saturated carbocycles. The summed E-state index contributed by atoms with van der Waals surface area (Å²) in [6.07, 6.45) is -0.794. The SMILES string of the molecule is CC(N)C(=O)NC(CC(=O)C(=O)n1cc(F)c(=O)[nH]c1=O)C(=O)O. The second-order valence-electron chi connectivity index (χ2n) is 4.73. The van der Waals surface area contributed by atoms with Gasteiger partial charge >= 0.3 is 17.6 Å². The van der Waals surface area contributed by atoms with Gasteiger partial charge in [0.2, 0.25) is 17.5 Å². The minimum Gasteiger partial charge on any atom is -0.480 e. The maximum Gasteiger partial charge on any atom is 0.335 e. The third-order valence-electron chi connectivity index (χ3n) is 2.77. The zero-order chi connectivity index (χ0) is 18.6. The third kappa shape index (κ3) is 4.42. The van der Waals surface area contributed by atoms with Gasteiger partial charge in [-0.15, -0.1) is 0 Å². The van der Waals surface area contributed by atoms with Crippen molar-refractivity contribution in [2.45, 2.75) is 25.4 Å². The summed E-state index contributed by atoms with van der Waals surface area (Å²) >= 11 is 0. The fourth-order valence-electron chi connectivity index (χ4n) is 1.51. The minimum absolute atomic E-state index is 0.00858. The molecule has 1 aromatic rings. The number of nitrogens with one attached hydrogen (secondary N) is 2. The molecular weight excluding hydrogens is 331 g/mol. The number of amides is 1. The molecular formula is C12H13FN4O7. The summed E-state index contributed by atoms with van der Waals surface area (Å²) in [5.41, 5.74) is 2.48. The maximum atomic E-state index is 13.1. The number of halogens is 1. The first-order valence-electron chi connectivity index (χ1n) is 6.42. The highest BCUT2D eigenvalue weighted by molar-refractivity contribution is 6.37. The number of carboxylic acids is 1. The number of aromatic nitrogens is 2. The van der Waals surface area contributed by atoms with Crippen molar-refractivity contribution in [1.29, 1.82) is 0 Å². The first-order valence-corrected chi connectivity index (χ1v) is 6.42. The molecule has 2 atom stereocenters. The summed E-state index contributed by atoms with van der Waals surface area (Å²) < 4.78 is 13.1. The summed E-state index contributed by atoms with van der Waals surface area (Å²) in [6.45, 7) is 1.27. The maximum absolute atomic E-state index is 13.1. The van der Waals surface area contributed by atoms with E-state index in [1.807, 2.05) is 5.32 Å². The van der Waals surface area contributed by atoms with Crippen LogP contribution in [0.5, 0.6) is 0 Å². The minimum atomic E-state index is -1.77. The molecule has 0 bridgehead atoms. The smallest absolute Gasteiger partial charge is 0.335 e. The third-order valence-corrected chi connectivity index (χ3v) is 2.77. The van der Waals surface area contributed by atoms with Crippen LogP contribution < -0.4 is 22.3 Å². The van der Waals surface area contributed by atoms with Crippen LogP contribution in [0.15, 0.2) is 15.8 Å². The topological polar surface area (TPSA) is 181 Å². The number of hydrogen-bond donors (Lipinski definition) is 4. The number of H-pyrrole nitrogens is 1. The molecule has 24 heavy (non-hydrogen) atoms. The van der Waals surface area contributed by atoms with Gasteiger partial charge in [0.05, 0.1) is 12.2 Å². The van der Waals surface area contributed by atoms with Crippen LogP contribution in [-0.2, 0) is 14.4 Å². The predicted octanol–water partition coefficient (Wildman–Crippen LogP) is -2.81. The largest absolute Gasteiger partial charge is 0.480 e. The fourth-order valence-corrected chi connectivity index (χ4v) is 1.51. The number of carbonyl (C=O) groups is 4. The number of aromatic amines is 1. The van der Waals surface area contributed by atoms with Gasteiger partial charge in [0, 0.05) is 6.42 Å². The lowest BCUT2D eigenvalue weighted by atomic mass is 10.1. The van der Waals surface area contributed by atoms with Gasteiger partial charge in [0.1, 0.15) is 6.04 Å².